The van der Waals surface area contributed by atoms with E-state index in [1.54, 1.807) is 0 Å². The predicted molar refractivity (Wildman–Crippen MR) is 63.2 cm³/mol. The van der Waals surface area contributed by atoms with Gasteiger partial charge in [0.05, 0.1) is 0 Å². The zero-order valence-corrected chi connectivity index (χ0v) is 9.51. The van der Waals surface area contributed by atoms with Gasteiger partial charge in [-0.3, -0.25) is 0 Å². The summed E-state index contributed by atoms with van der Waals surface area (Å²) in [5, 5.41) is 1.32. The Morgan fingerprint density at radius 1 is 1.38 bits per heavy atom. The molecule has 0 atom stereocenters. The molecule has 0 fully saturated rings. The molecule has 0 aliphatic heterocycles. The first-order valence-corrected chi connectivity index (χ1v) is 5.69. The summed E-state index contributed by atoms with van der Waals surface area (Å²) in [6, 6.07) is 6.59. The molecule has 0 unspecified atom stereocenters. The monoisotopic (exact) mass is 208 g/mol. The van der Waals surface area contributed by atoms with Crippen molar-refractivity contribution in [3.8, 4) is 0 Å². The Bertz CT molecular complexity index is 441. The largest absolute Gasteiger partial charge is 0.142 e. The summed E-state index contributed by atoms with van der Waals surface area (Å²) in [6.07, 6.45) is 1.06. The van der Waals surface area contributed by atoms with Crippen molar-refractivity contribution in [1.29, 1.82) is 0 Å². The average molecular weight is 208 g/mol. The molecule has 0 saturated carbocycles. The Kier molecular flexibility index (Phi) is 2.35. The Labute approximate surface area is 88.0 Å². The van der Waals surface area contributed by atoms with Gasteiger partial charge in [0.15, 0.2) is 0 Å². The standard InChI is InChI=1S/C11H12S2/c1-3-8-4-5-9-6-7(2)13-11(9)10(8)12/h4-6,12H,3H2,1-2H3. The van der Waals surface area contributed by atoms with Crippen LogP contribution >= 0.6 is 24.0 Å². The molecule has 0 bridgehead atoms. The van der Waals surface area contributed by atoms with Crippen molar-refractivity contribution in [2.75, 3.05) is 0 Å². The topological polar surface area (TPSA) is 0 Å². The minimum absolute atomic E-state index is 1.06. The average Bonchev–Trinajstić information content (AvgIpc) is 2.47. The summed E-state index contributed by atoms with van der Waals surface area (Å²) in [5.74, 6) is 0. The van der Waals surface area contributed by atoms with Crippen LogP contribution in [-0.2, 0) is 6.42 Å². The van der Waals surface area contributed by atoms with E-state index in [4.69, 9.17) is 0 Å². The van der Waals surface area contributed by atoms with Gasteiger partial charge >= 0.3 is 0 Å². The van der Waals surface area contributed by atoms with E-state index in [0.29, 0.717) is 0 Å². The molecule has 0 N–H and O–H groups in total. The second-order valence-corrected chi connectivity index (χ2v) is 4.91. The molecule has 0 aliphatic rings. The van der Waals surface area contributed by atoms with Gasteiger partial charge in [0.25, 0.3) is 0 Å². The van der Waals surface area contributed by atoms with Crippen molar-refractivity contribution >= 4 is 34.1 Å². The van der Waals surface area contributed by atoms with Crippen LogP contribution in [0.1, 0.15) is 17.4 Å². The molecule has 0 nitrogen and oxygen atoms in total. The summed E-state index contributed by atoms with van der Waals surface area (Å²) in [4.78, 5) is 2.52. The lowest BCUT2D eigenvalue weighted by molar-refractivity contribution is 1.10. The lowest BCUT2D eigenvalue weighted by Crippen LogP contribution is -1.81. The highest BCUT2D eigenvalue weighted by molar-refractivity contribution is 7.80. The molecule has 2 heteroatoms. The Hall–Kier alpha value is -0.470. The van der Waals surface area contributed by atoms with Crippen LogP contribution in [0.15, 0.2) is 23.1 Å². The Balaban J connectivity index is 2.78. The van der Waals surface area contributed by atoms with Crippen LogP contribution in [0.4, 0.5) is 0 Å². The third-order valence-electron chi connectivity index (χ3n) is 2.25. The smallest absolute Gasteiger partial charge is 0.0481 e. The maximum Gasteiger partial charge on any atom is 0.0481 e. The summed E-state index contributed by atoms with van der Waals surface area (Å²) < 4.78 is 1.33. The molecular weight excluding hydrogens is 196 g/mol. The van der Waals surface area contributed by atoms with Gasteiger partial charge in [-0.25, -0.2) is 0 Å². The lowest BCUT2D eigenvalue weighted by Gasteiger charge is -2.01. The Morgan fingerprint density at radius 3 is 2.85 bits per heavy atom. The summed E-state index contributed by atoms with van der Waals surface area (Å²) in [7, 11) is 0. The van der Waals surface area contributed by atoms with E-state index in [2.05, 4.69) is 44.7 Å². The normalized spacial score (nSPS) is 11.0. The van der Waals surface area contributed by atoms with Crippen molar-refractivity contribution in [1.82, 2.24) is 0 Å². The zero-order chi connectivity index (χ0) is 9.42. The second-order valence-electron chi connectivity index (χ2n) is 3.20. The van der Waals surface area contributed by atoms with Gasteiger partial charge in [-0.15, -0.1) is 24.0 Å². The maximum absolute atomic E-state index is 4.57. The van der Waals surface area contributed by atoms with Crippen LogP contribution in [0.5, 0.6) is 0 Å². The van der Waals surface area contributed by atoms with E-state index in [-0.39, 0.29) is 0 Å². The number of benzene rings is 1. The van der Waals surface area contributed by atoms with E-state index in [1.165, 1.54) is 20.5 Å². The van der Waals surface area contributed by atoms with E-state index < -0.39 is 0 Å². The minimum Gasteiger partial charge on any atom is -0.142 e. The van der Waals surface area contributed by atoms with Crippen molar-refractivity contribution in [2.24, 2.45) is 0 Å². The molecule has 1 aromatic heterocycles. The maximum atomic E-state index is 4.57. The molecule has 0 radical (unpaired) electrons. The highest BCUT2D eigenvalue weighted by Gasteiger charge is 2.05. The molecule has 0 spiro atoms. The third kappa shape index (κ3) is 1.49. The third-order valence-corrected chi connectivity index (χ3v) is 3.99. The molecule has 0 aliphatic carbocycles. The van der Waals surface area contributed by atoms with Crippen LogP contribution in [0.2, 0.25) is 0 Å². The molecular formula is C11H12S2. The first-order chi connectivity index (χ1) is 6.22. The molecule has 68 valence electrons. The SMILES string of the molecule is CCc1ccc2cc(C)sc2c1S. The first kappa shape index (κ1) is 9.10. The van der Waals surface area contributed by atoms with E-state index >= 15 is 0 Å². The quantitative estimate of drug-likeness (QED) is 0.671. The second kappa shape index (κ2) is 3.35. The van der Waals surface area contributed by atoms with E-state index in [0.717, 1.165) is 11.3 Å². The lowest BCUT2D eigenvalue weighted by atomic mass is 10.1. The molecule has 2 rings (SSSR count). The fourth-order valence-electron chi connectivity index (χ4n) is 1.54. The highest BCUT2D eigenvalue weighted by Crippen LogP contribution is 2.32. The molecule has 1 heterocycles. The minimum atomic E-state index is 1.06. The number of thiol groups is 1. The van der Waals surface area contributed by atoms with Crippen molar-refractivity contribution in [2.45, 2.75) is 25.2 Å². The number of hydrogen-bond donors (Lipinski definition) is 1. The van der Waals surface area contributed by atoms with Crippen LogP contribution in [0.25, 0.3) is 10.1 Å². The molecule has 13 heavy (non-hydrogen) atoms. The zero-order valence-electron chi connectivity index (χ0n) is 7.79. The van der Waals surface area contributed by atoms with Crippen LogP contribution in [0.3, 0.4) is 0 Å². The van der Waals surface area contributed by atoms with Gasteiger partial charge in [0.1, 0.15) is 0 Å². The van der Waals surface area contributed by atoms with Crippen LogP contribution < -0.4 is 0 Å². The molecule has 1 aromatic carbocycles. The number of thiophene rings is 1. The fourth-order valence-corrected chi connectivity index (χ4v) is 3.02. The summed E-state index contributed by atoms with van der Waals surface area (Å²) in [6.45, 7) is 4.31. The molecule has 2 aromatic rings. The van der Waals surface area contributed by atoms with Crippen LogP contribution in [-0.4, -0.2) is 0 Å². The van der Waals surface area contributed by atoms with Gasteiger partial charge in [0, 0.05) is 14.5 Å². The summed E-state index contributed by atoms with van der Waals surface area (Å²) >= 11 is 6.40. The van der Waals surface area contributed by atoms with Crippen molar-refractivity contribution in [3.05, 3.63) is 28.6 Å². The van der Waals surface area contributed by atoms with Gasteiger partial charge < -0.3 is 0 Å². The van der Waals surface area contributed by atoms with E-state index in [1.807, 2.05) is 11.3 Å². The molecule has 0 saturated heterocycles. The van der Waals surface area contributed by atoms with Crippen LogP contribution in [0, 0.1) is 6.92 Å². The van der Waals surface area contributed by atoms with E-state index in [9.17, 15) is 0 Å². The molecule has 0 amide bonds. The Morgan fingerprint density at radius 2 is 2.15 bits per heavy atom. The first-order valence-electron chi connectivity index (χ1n) is 4.43. The van der Waals surface area contributed by atoms with Gasteiger partial charge in [-0.05, 0) is 30.4 Å². The summed E-state index contributed by atoms with van der Waals surface area (Å²) in [5.41, 5.74) is 1.35. The van der Waals surface area contributed by atoms with Gasteiger partial charge in [0.2, 0.25) is 0 Å². The fraction of sp³-hybridized carbons (Fsp3) is 0.273. The number of rotatable bonds is 1. The van der Waals surface area contributed by atoms with Crippen molar-refractivity contribution < 1.29 is 0 Å². The van der Waals surface area contributed by atoms with Gasteiger partial charge in [-0.1, -0.05) is 19.1 Å². The van der Waals surface area contributed by atoms with Crippen molar-refractivity contribution in [3.63, 3.8) is 0 Å². The highest BCUT2D eigenvalue weighted by atomic mass is 32.1. The number of hydrogen-bond acceptors (Lipinski definition) is 2. The number of fused-ring (bicyclic) bond motifs is 1. The van der Waals surface area contributed by atoms with Gasteiger partial charge in [-0.2, -0.15) is 0 Å². The predicted octanol–water partition coefficient (Wildman–Crippen LogP) is 4.06. The number of aryl methyl sites for hydroxylation is 2.